The maximum atomic E-state index is 13.5. The Morgan fingerprint density at radius 3 is 2.75 bits per heavy atom. The van der Waals surface area contributed by atoms with Crippen molar-refractivity contribution >= 4 is 0 Å². The summed E-state index contributed by atoms with van der Waals surface area (Å²) in [5, 5.41) is 3.53. The zero-order valence-corrected chi connectivity index (χ0v) is 10.1. The normalized spacial score (nSPS) is 17.4. The van der Waals surface area contributed by atoms with Gasteiger partial charge in [-0.3, -0.25) is 0 Å². The summed E-state index contributed by atoms with van der Waals surface area (Å²) in [5.74, 6) is 0.634. The Bertz CT molecular complexity index is 358. The number of hydrogen-bond donors (Lipinski definition) is 1. The van der Waals surface area contributed by atoms with Gasteiger partial charge in [-0.1, -0.05) is 19.1 Å². The van der Waals surface area contributed by atoms with Gasteiger partial charge in [-0.15, -0.1) is 0 Å². The molecule has 1 nitrogen and oxygen atoms in total. The molecule has 0 heterocycles. The summed E-state index contributed by atoms with van der Waals surface area (Å²) in [7, 11) is 0. The number of nitrogens with one attached hydrogen (secondary N) is 1. The fraction of sp³-hybridized carbons (Fsp3) is 0.571. The van der Waals surface area contributed by atoms with Gasteiger partial charge in [0.2, 0.25) is 0 Å². The summed E-state index contributed by atoms with van der Waals surface area (Å²) in [6, 6.07) is 5.99. The molecule has 1 N–H and O–H groups in total. The highest BCUT2D eigenvalue weighted by Crippen LogP contribution is 2.41. The Morgan fingerprint density at radius 2 is 2.19 bits per heavy atom. The molecule has 0 amide bonds. The van der Waals surface area contributed by atoms with E-state index in [0.717, 1.165) is 24.1 Å². The second-order valence-electron chi connectivity index (χ2n) is 4.78. The number of benzene rings is 1. The Balaban J connectivity index is 2.14. The van der Waals surface area contributed by atoms with Gasteiger partial charge in [0.25, 0.3) is 0 Å². The molecule has 0 spiro atoms. The quantitative estimate of drug-likeness (QED) is 0.801. The molecule has 0 aromatic heterocycles. The number of hydrogen-bond acceptors (Lipinski definition) is 1. The third-order valence-corrected chi connectivity index (χ3v) is 3.26. The minimum absolute atomic E-state index is 0.0820. The fourth-order valence-electron chi connectivity index (χ4n) is 2.09. The summed E-state index contributed by atoms with van der Waals surface area (Å²) in [5.41, 5.74) is 1.84. The van der Waals surface area contributed by atoms with Gasteiger partial charge in [0.15, 0.2) is 0 Å². The highest BCUT2D eigenvalue weighted by molar-refractivity contribution is 5.27. The molecule has 1 aromatic rings. The van der Waals surface area contributed by atoms with Crippen LogP contribution in [-0.4, -0.2) is 6.54 Å². The summed E-state index contributed by atoms with van der Waals surface area (Å²) in [4.78, 5) is 0. The third kappa shape index (κ3) is 2.62. The van der Waals surface area contributed by atoms with E-state index in [1.165, 1.54) is 12.8 Å². The first-order chi connectivity index (χ1) is 7.72. The molecule has 1 unspecified atom stereocenters. The Morgan fingerprint density at radius 1 is 1.44 bits per heavy atom. The summed E-state index contributed by atoms with van der Waals surface area (Å²) >= 11 is 0. The van der Waals surface area contributed by atoms with Crippen LogP contribution in [0.5, 0.6) is 0 Å². The highest BCUT2D eigenvalue weighted by Gasteiger charge is 2.31. The van der Waals surface area contributed by atoms with E-state index in [4.69, 9.17) is 0 Å². The van der Waals surface area contributed by atoms with E-state index in [2.05, 4.69) is 18.3 Å². The fourth-order valence-corrected chi connectivity index (χ4v) is 2.09. The van der Waals surface area contributed by atoms with Crippen LogP contribution in [-0.2, 0) is 0 Å². The van der Waals surface area contributed by atoms with Crippen LogP contribution in [0.1, 0.15) is 43.4 Å². The number of rotatable bonds is 5. The second kappa shape index (κ2) is 4.96. The van der Waals surface area contributed by atoms with Gasteiger partial charge >= 0.3 is 0 Å². The van der Waals surface area contributed by atoms with Crippen LogP contribution in [0.15, 0.2) is 18.2 Å². The molecule has 1 atom stereocenters. The predicted molar refractivity (Wildman–Crippen MR) is 64.9 cm³/mol. The van der Waals surface area contributed by atoms with Crippen LogP contribution < -0.4 is 5.32 Å². The Labute approximate surface area is 97.1 Å². The zero-order valence-electron chi connectivity index (χ0n) is 10.1. The largest absolute Gasteiger partial charge is 0.310 e. The van der Waals surface area contributed by atoms with Gasteiger partial charge in [-0.05, 0) is 55.8 Å². The molecule has 2 heteroatoms. The molecule has 0 bridgehead atoms. The minimum atomic E-state index is -0.0820. The number of halogens is 1. The van der Waals surface area contributed by atoms with Crippen molar-refractivity contribution in [3.63, 3.8) is 0 Å². The van der Waals surface area contributed by atoms with Crippen molar-refractivity contribution in [2.24, 2.45) is 5.92 Å². The van der Waals surface area contributed by atoms with E-state index in [9.17, 15) is 4.39 Å². The van der Waals surface area contributed by atoms with E-state index in [0.29, 0.717) is 12.0 Å². The van der Waals surface area contributed by atoms with Crippen molar-refractivity contribution < 1.29 is 4.39 Å². The van der Waals surface area contributed by atoms with E-state index < -0.39 is 0 Å². The summed E-state index contributed by atoms with van der Waals surface area (Å²) < 4.78 is 13.5. The lowest BCUT2D eigenvalue weighted by molar-refractivity contribution is 0.477. The van der Waals surface area contributed by atoms with Gasteiger partial charge in [0.05, 0.1) is 0 Å². The molecule has 1 fully saturated rings. The van der Waals surface area contributed by atoms with Crippen LogP contribution in [0.25, 0.3) is 0 Å². The third-order valence-electron chi connectivity index (χ3n) is 3.26. The molecule has 1 aliphatic rings. The molecule has 88 valence electrons. The molecule has 0 aliphatic heterocycles. The van der Waals surface area contributed by atoms with Crippen molar-refractivity contribution in [3.8, 4) is 0 Å². The van der Waals surface area contributed by atoms with Gasteiger partial charge in [0, 0.05) is 6.04 Å². The maximum absolute atomic E-state index is 13.5. The lowest BCUT2D eigenvalue weighted by atomic mass is 10.0. The van der Waals surface area contributed by atoms with Gasteiger partial charge in [-0.25, -0.2) is 4.39 Å². The van der Waals surface area contributed by atoms with Crippen LogP contribution in [0.4, 0.5) is 4.39 Å². The lowest BCUT2D eigenvalue weighted by Crippen LogP contribution is -2.23. The van der Waals surface area contributed by atoms with Crippen LogP contribution in [0, 0.1) is 18.7 Å². The van der Waals surface area contributed by atoms with Crippen LogP contribution >= 0.6 is 0 Å². The van der Waals surface area contributed by atoms with E-state index in [1.54, 1.807) is 6.07 Å². The average molecular weight is 221 g/mol. The first-order valence-corrected chi connectivity index (χ1v) is 6.21. The summed E-state index contributed by atoms with van der Waals surface area (Å²) in [6.45, 7) is 4.98. The van der Waals surface area contributed by atoms with Crippen molar-refractivity contribution in [3.05, 3.63) is 35.1 Å². The Hall–Kier alpha value is -0.890. The second-order valence-corrected chi connectivity index (χ2v) is 4.78. The monoisotopic (exact) mass is 221 g/mol. The maximum Gasteiger partial charge on any atom is 0.126 e. The first kappa shape index (κ1) is 11.6. The van der Waals surface area contributed by atoms with Crippen molar-refractivity contribution in [1.29, 1.82) is 0 Å². The van der Waals surface area contributed by atoms with Crippen LogP contribution in [0.3, 0.4) is 0 Å². The smallest absolute Gasteiger partial charge is 0.126 e. The average Bonchev–Trinajstić information content (AvgIpc) is 3.08. The minimum Gasteiger partial charge on any atom is -0.310 e. The first-order valence-electron chi connectivity index (χ1n) is 6.21. The molecule has 0 saturated heterocycles. The zero-order chi connectivity index (χ0) is 11.5. The lowest BCUT2D eigenvalue weighted by Gasteiger charge is -2.18. The predicted octanol–water partition coefficient (Wildman–Crippen LogP) is 3.58. The van der Waals surface area contributed by atoms with Crippen LogP contribution in [0.2, 0.25) is 0 Å². The Kier molecular flexibility index (Phi) is 3.59. The van der Waals surface area contributed by atoms with Crippen molar-refractivity contribution in [2.45, 2.75) is 39.2 Å². The topological polar surface area (TPSA) is 12.0 Å². The molecule has 16 heavy (non-hydrogen) atoms. The van der Waals surface area contributed by atoms with E-state index in [1.807, 2.05) is 13.0 Å². The molecular formula is C14H20FN. The highest BCUT2D eigenvalue weighted by atomic mass is 19.1. The molecule has 1 aromatic carbocycles. The molecule has 2 rings (SSSR count). The molecule has 1 aliphatic carbocycles. The van der Waals surface area contributed by atoms with E-state index >= 15 is 0 Å². The van der Waals surface area contributed by atoms with Crippen molar-refractivity contribution in [2.75, 3.05) is 6.54 Å². The molecule has 0 radical (unpaired) electrons. The van der Waals surface area contributed by atoms with Gasteiger partial charge < -0.3 is 5.32 Å². The summed E-state index contributed by atoms with van der Waals surface area (Å²) in [6.07, 6.45) is 3.67. The molecular weight excluding hydrogens is 201 g/mol. The number of aryl methyl sites for hydroxylation is 1. The standard InChI is InChI=1S/C14H20FN/c1-3-8-16-14(11-6-7-11)12-5-4-10(2)13(15)9-12/h4-5,9,11,14,16H,3,6-8H2,1-2H3. The SMILES string of the molecule is CCCNC(c1ccc(C)c(F)c1)C1CC1. The molecule has 1 saturated carbocycles. The van der Waals surface area contributed by atoms with E-state index in [-0.39, 0.29) is 5.82 Å². The van der Waals surface area contributed by atoms with Gasteiger partial charge in [0.1, 0.15) is 5.82 Å². The van der Waals surface area contributed by atoms with Crippen molar-refractivity contribution in [1.82, 2.24) is 5.32 Å². The van der Waals surface area contributed by atoms with Gasteiger partial charge in [-0.2, -0.15) is 0 Å².